The van der Waals surface area contributed by atoms with E-state index in [-0.39, 0.29) is 5.54 Å². The van der Waals surface area contributed by atoms with Crippen molar-refractivity contribution in [1.82, 2.24) is 0 Å². The molecule has 3 bridgehead atoms. The van der Waals surface area contributed by atoms with Crippen molar-refractivity contribution in [3.05, 3.63) is 0 Å². The molecule has 3 saturated carbocycles. The van der Waals surface area contributed by atoms with Crippen LogP contribution >= 0.6 is 0 Å². The standard InChI is InChI=1S/C16H27N/c1-10(2)13-7-14-15(3)8-11(13)6-12(9-15)16(14,4)17-5/h10-14H,5-9H2,1-4H3. The van der Waals surface area contributed by atoms with Crippen molar-refractivity contribution in [3.8, 4) is 0 Å². The smallest absolute Gasteiger partial charge is 0.0634 e. The molecule has 0 aromatic heterocycles. The first-order valence-electron chi connectivity index (χ1n) is 7.38. The van der Waals surface area contributed by atoms with Gasteiger partial charge in [0.25, 0.3) is 0 Å². The number of nitrogens with zero attached hydrogens (tertiary/aromatic N) is 1. The number of fused-ring (bicyclic) bond motifs is 2. The van der Waals surface area contributed by atoms with Crippen LogP contribution in [-0.4, -0.2) is 12.3 Å². The van der Waals surface area contributed by atoms with Crippen LogP contribution in [0.4, 0.5) is 0 Å². The fraction of sp³-hybridized carbons (Fsp3) is 0.938. The first-order valence-corrected chi connectivity index (χ1v) is 7.38. The van der Waals surface area contributed by atoms with Crippen LogP contribution in [0.15, 0.2) is 4.99 Å². The van der Waals surface area contributed by atoms with E-state index < -0.39 is 0 Å². The fourth-order valence-electron chi connectivity index (χ4n) is 5.87. The van der Waals surface area contributed by atoms with Gasteiger partial charge in [-0.1, -0.05) is 20.8 Å². The van der Waals surface area contributed by atoms with Gasteiger partial charge in [-0.05, 0) is 74.3 Å². The second-order valence-corrected chi connectivity index (χ2v) is 7.84. The van der Waals surface area contributed by atoms with Crippen LogP contribution in [0.5, 0.6) is 0 Å². The molecule has 6 unspecified atom stereocenters. The van der Waals surface area contributed by atoms with Gasteiger partial charge in [0.15, 0.2) is 0 Å². The van der Waals surface area contributed by atoms with Crippen molar-refractivity contribution >= 4 is 6.72 Å². The Morgan fingerprint density at radius 1 is 1.18 bits per heavy atom. The summed E-state index contributed by atoms with van der Waals surface area (Å²) in [5.41, 5.74) is 0.766. The molecule has 0 aromatic carbocycles. The molecule has 1 heteroatoms. The third-order valence-corrected chi connectivity index (χ3v) is 6.71. The van der Waals surface area contributed by atoms with Crippen LogP contribution in [0.2, 0.25) is 0 Å². The summed E-state index contributed by atoms with van der Waals surface area (Å²) in [5, 5.41) is 0. The molecule has 0 aliphatic heterocycles. The third kappa shape index (κ3) is 1.34. The topological polar surface area (TPSA) is 12.4 Å². The molecule has 96 valence electrons. The van der Waals surface area contributed by atoms with Crippen molar-refractivity contribution < 1.29 is 0 Å². The van der Waals surface area contributed by atoms with Crippen LogP contribution < -0.4 is 0 Å². The molecule has 0 radical (unpaired) electrons. The van der Waals surface area contributed by atoms with E-state index in [1.165, 1.54) is 25.7 Å². The highest BCUT2D eigenvalue weighted by Crippen LogP contribution is 2.69. The number of aliphatic imine (C=N–C) groups is 1. The van der Waals surface area contributed by atoms with Gasteiger partial charge in [-0.3, -0.25) is 4.99 Å². The lowest BCUT2D eigenvalue weighted by Crippen LogP contribution is -2.42. The molecule has 0 heterocycles. The Balaban J connectivity index is 2.02. The maximum Gasteiger partial charge on any atom is 0.0634 e. The van der Waals surface area contributed by atoms with E-state index in [1.807, 2.05) is 0 Å². The average molecular weight is 233 g/mol. The molecular formula is C16H27N. The van der Waals surface area contributed by atoms with Gasteiger partial charge in [-0.2, -0.15) is 0 Å². The summed E-state index contributed by atoms with van der Waals surface area (Å²) < 4.78 is 0. The Bertz CT molecular complexity index is 347. The van der Waals surface area contributed by atoms with E-state index >= 15 is 0 Å². The second-order valence-electron chi connectivity index (χ2n) is 7.84. The van der Waals surface area contributed by atoms with E-state index in [9.17, 15) is 0 Å². The molecule has 0 aromatic rings. The summed E-state index contributed by atoms with van der Waals surface area (Å²) in [4.78, 5) is 4.63. The van der Waals surface area contributed by atoms with Gasteiger partial charge in [0.2, 0.25) is 0 Å². The van der Waals surface area contributed by atoms with Crippen molar-refractivity contribution in [3.63, 3.8) is 0 Å². The Kier molecular flexibility index (Phi) is 2.32. The zero-order chi connectivity index (χ0) is 12.4. The number of hydrogen-bond acceptors (Lipinski definition) is 1. The SMILES string of the molecule is C=NC1(C)C2CC3CC(C)(C2)C1CC3C(C)C. The lowest BCUT2D eigenvalue weighted by Gasteiger charge is -2.49. The maximum atomic E-state index is 4.63. The van der Waals surface area contributed by atoms with Crippen LogP contribution in [0.25, 0.3) is 0 Å². The van der Waals surface area contributed by atoms with E-state index in [4.69, 9.17) is 0 Å². The van der Waals surface area contributed by atoms with Crippen LogP contribution in [0.3, 0.4) is 0 Å². The first kappa shape index (κ1) is 11.7. The first-order chi connectivity index (χ1) is 7.90. The molecule has 3 fully saturated rings. The zero-order valence-corrected chi connectivity index (χ0v) is 11.9. The van der Waals surface area contributed by atoms with Gasteiger partial charge >= 0.3 is 0 Å². The van der Waals surface area contributed by atoms with Crippen molar-refractivity contribution in [2.24, 2.45) is 40.0 Å². The minimum Gasteiger partial charge on any atom is -0.294 e. The van der Waals surface area contributed by atoms with Crippen molar-refractivity contribution in [1.29, 1.82) is 0 Å². The molecule has 0 N–H and O–H groups in total. The molecule has 3 aliphatic rings. The minimum atomic E-state index is 0.188. The third-order valence-electron chi connectivity index (χ3n) is 6.71. The van der Waals surface area contributed by atoms with Crippen LogP contribution in [0, 0.1) is 35.0 Å². The van der Waals surface area contributed by atoms with E-state index in [0.717, 1.165) is 29.6 Å². The highest BCUT2D eigenvalue weighted by Gasteiger charge is 2.64. The van der Waals surface area contributed by atoms with E-state index in [1.54, 1.807) is 0 Å². The highest BCUT2D eigenvalue weighted by molar-refractivity contribution is 5.30. The molecule has 1 nitrogen and oxygen atoms in total. The lowest BCUT2D eigenvalue weighted by molar-refractivity contribution is 0.0103. The summed E-state index contributed by atoms with van der Waals surface area (Å²) in [7, 11) is 0. The second kappa shape index (κ2) is 3.36. The van der Waals surface area contributed by atoms with Gasteiger partial charge in [-0.15, -0.1) is 0 Å². The summed E-state index contributed by atoms with van der Waals surface area (Å²) in [6.45, 7) is 13.7. The Labute approximate surface area is 106 Å². The van der Waals surface area contributed by atoms with Crippen molar-refractivity contribution in [2.45, 2.75) is 58.9 Å². The van der Waals surface area contributed by atoms with Gasteiger partial charge in [-0.25, -0.2) is 0 Å². The quantitative estimate of drug-likeness (QED) is 0.635. The molecule has 17 heavy (non-hydrogen) atoms. The van der Waals surface area contributed by atoms with Crippen molar-refractivity contribution in [2.75, 3.05) is 0 Å². The zero-order valence-electron chi connectivity index (χ0n) is 11.9. The predicted octanol–water partition coefficient (Wildman–Crippen LogP) is 4.17. The predicted molar refractivity (Wildman–Crippen MR) is 73.3 cm³/mol. The van der Waals surface area contributed by atoms with E-state index in [2.05, 4.69) is 39.4 Å². The lowest BCUT2D eigenvalue weighted by atomic mass is 9.56. The minimum absolute atomic E-state index is 0.188. The largest absolute Gasteiger partial charge is 0.294 e. The summed E-state index contributed by atoms with van der Waals surface area (Å²) in [5.74, 6) is 4.37. The average Bonchev–Trinajstić information content (AvgIpc) is 2.35. The van der Waals surface area contributed by atoms with Crippen LogP contribution in [0.1, 0.15) is 53.4 Å². The highest BCUT2D eigenvalue weighted by atomic mass is 14.9. The van der Waals surface area contributed by atoms with E-state index in [0.29, 0.717) is 5.41 Å². The summed E-state index contributed by atoms with van der Waals surface area (Å²) >= 11 is 0. The molecule has 0 amide bonds. The Morgan fingerprint density at radius 2 is 1.88 bits per heavy atom. The van der Waals surface area contributed by atoms with Gasteiger partial charge in [0.05, 0.1) is 5.54 Å². The van der Waals surface area contributed by atoms with Crippen LogP contribution in [-0.2, 0) is 0 Å². The summed E-state index contributed by atoms with van der Waals surface area (Å²) in [6.07, 6.45) is 5.70. The Morgan fingerprint density at radius 3 is 2.47 bits per heavy atom. The fourth-order valence-corrected chi connectivity index (χ4v) is 5.87. The molecule has 3 aliphatic carbocycles. The van der Waals surface area contributed by atoms with Gasteiger partial charge in [0, 0.05) is 0 Å². The molecule has 3 rings (SSSR count). The summed E-state index contributed by atoms with van der Waals surface area (Å²) in [6, 6.07) is 0. The Hall–Kier alpha value is -0.330. The maximum absolute atomic E-state index is 4.63. The number of hydrogen-bond donors (Lipinski definition) is 0. The molecule has 0 saturated heterocycles. The number of rotatable bonds is 2. The monoisotopic (exact) mass is 233 g/mol. The van der Waals surface area contributed by atoms with Gasteiger partial charge in [0.1, 0.15) is 0 Å². The van der Waals surface area contributed by atoms with Gasteiger partial charge < -0.3 is 0 Å². The molecule has 0 spiro atoms. The molecular weight excluding hydrogens is 206 g/mol. The molecule has 6 atom stereocenters. The normalized spacial score (nSPS) is 56.5.